The molecule has 3 aromatic heterocycles. The Morgan fingerprint density at radius 2 is 1.91 bits per heavy atom. The van der Waals surface area contributed by atoms with Crippen LogP contribution in [-0.2, 0) is 9.73 Å². The quantitative estimate of drug-likeness (QED) is 0.369. The number of nitrogen functional groups attached to an aromatic ring is 1. The molecule has 4 N–H and O–H groups in total. The van der Waals surface area contributed by atoms with E-state index in [1.165, 1.54) is 36.3 Å². The number of urea groups is 1. The lowest BCUT2D eigenvalue weighted by Gasteiger charge is -2.06. The van der Waals surface area contributed by atoms with Gasteiger partial charge in [0.05, 0.1) is 11.8 Å². The molecule has 4 aromatic rings. The number of nitrogens with two attached hydrogens (primary N) is 1. The second kappa shape index (κ2) is 9.31. The van der Waals surface area contributed by atoms with Crippen LogP contribution in [0.5, 0.6) is 0 Å². The molecule has 180 valence electrons. The molecule has 0 unspecified atom stereocenters. The first-order chi connectivity index (χ1) is 16.5. The van der Waals surface area contributed by atoms with Crippen molar-refractivity contribution in [3.8, 4) is 10.4 Å². The Hall–Kier alpha value is -4.03. The molecule has 0 aliphatic heterocycles. The number of fused-ring (bicyclic) bond motifs is 1. The molecule has 4 amide bonds. The number of hydrogen-bond donors (Lipinski definition) is 3. The first-order valence-corrected chi connectivity index (χ1v) is 13.3. The van der Waals surface area contributed by atoms with Crippen molar-refractivity contribution in [2.75, 3.05) is 23.6 Å². The van der Waals surface area contributed by atoms with Crippen molar-refractivity contribution in [1.82, 2.24) is 10.3 Å². The fourth-order valence-electron chi connectivity index (χ4n) is 3.22. The van der Waals surface area contributed by atoms with E-state index >= 15 is 0 Å². The lowest BCUT2D eigenvalue weighted by Crippen LogP contribution is -2.34. The molecule has 0 fully saturated rings. The minimum Gasteiger partial charge on any atom is -0.459 e. The van der Waals surface area contributed by atoms with Gasteiger partial charge >= 0.3 is 6.03 Å². The average molecular weight is 512 g/mol. The largest absolute Gasteiger partial charge is 0.459 e. The molecule has 0 atom stereocenters. The van der Waals surface area contributed by atoms with Crippen molar-refractivity contribution < 1.29 is 23.0 Å². The summed E-state index contributed by atoms with van der Waals surface area (Å²) in [7, 11) is -2.61. The number of aromatic nitrogens is 1. The number of pyridine rings is 1. The predicted octanol–water partition coefficient (Wildman–Crippen LogP) is 4.28. The number of aryl methyl sites for hydroxylation is 1. The van der Waals surface area contributed by atoms with Gasteiger partial charge in [0.2, 0.25) is 0 Å². The standard InChI is InChI=1S/C23H21N5O5S2/c1-12-6-7-33-19(12)22(30)27-23(31)26-15-4-5-17-13(8-15)10-18(34-17)16-9-14(11-25-20(16)24)21(29)28-35(2,3)32/h4-11H,1-3H3,(H2,24,25)(H2,26,27,30,31). The Morgan fingerprint density at radius 1 is 1.14 bits per heavy atom. The fraction of sp³-hybridized carbons (Fsp3) is 0.130. The molecule has 0 saturated carbocycles. The van der Waals surface area contributed by atoms with E-state index in [2.05, 4.69) is 20.0 Å². The Bertz CT molecular complexity index is 1600. The number of amides is 4. The van der Waals surface area contributed by atoms with Gasteiger partial charge in [0, 0.05) is 54.8 Å². The molecule has 4 rings (SSSR count). The highest BCUT2D eigenvalue weighted by Gasteiger charge is 2.17. The van der Waals surface area contributed by atoms with Crippen LogP contribution in [0.2, 0.25) is 0 Å². The van der Waals surface area contributed by atoms with Gasteiger partial charge < -0.3 is 15.5 Å². The van der Waals surface area contributed by atoms with Gasteiger partial charge in [0.15, 0.2) is 5.76 Å². The maximum atomic E-state index is 12.3. The van der Waals surface area contributed by atoms with E-state index < -0.39 is 27.6 Å². The molecule has 0 spiro atoms. The molecule has 0 aliphatic rings. The Kier molecular flexibility index (Phi) is 6.41. The van der Waals surface area contributed by atoms with E-state index in [0.29, 0.717) is 16.8 Å². The summed E-state index contributed by atoms with van der Waals surface area (Å²) in [5.41, 5.74) is 7.86. The van der Waals surface area contributed by atoms with Gasteiger partial charge in [-0.25, -0.2) is 14.0 Å². The summed E-state index contributed by atoms with van der Waals surface area (Å²) in [6, 6.07) is 9.60. The molecule has 3 heterocycles. The zero-order valence-electron chi connectivity index (χ0n) is 18.9. The number of carbonyl (C=O) groups is 3. The Balaban J connectivity index is 1.56. The third-order valence-corrected chi connectivity index (χ3v) is 6.56. The number of nitrogens with one attached hydrogen (secondary N) is 2. The van der Waals surface area contributed by atoms with Gasteiger partial charge in [-0.05, 0) is 48.7 Å². The minimum absolute atomic E-state index is 0.0676. The van der Waals surface area contributed by atoms with Crippen molar-refractivity contribution in [3.05, 3.63) is 65.7 Å². The zero-order valence-corrected chi connectivity index (χ0v) is 20.6. The SMILES string of the molecule is Cc1ccoc1C(=O)NC(=O)Nc1ccc2sc(-c3cc(C(=O)N=S(C)(C)=O)cnc3N)cc2c1. The maximum Gasteiger partial charge on any atom is 0.326 e. The van der Waals surface area contributed by atoms with E-state index in [-0.39, 0.29) is 17.1 Å². The number of rotatable bonds is 4. The van der Waals surface area contributed by atoms with Crippen molar-refractivity contribution in [1.29, 1.82) is 0 Å². The molecule has 10 nitrogen and oxygen atoms in total. The summed E-state index contributed by atoms with van der Waals surface area (Å²) in [5, 5.41) is 5.66. The maximum absolute atomic E-state index is 12.3. The van der Waals surface area contributed by atoms with Gasteiger partial charge in [-0.2, -0.15) is 4.36 Å². The van der Waals surface area contributed by atoms with Crippen LogP contribution >= 0.6 is 11.3 Å². The highest BCUT2D eigenvalue weighted by atomic mass is 32.2. The first kappa shape index (κ1) is 24.1. The third kappa shape index (κ3) is 5.55. The van der Waals surface area contributed by atoms with Crippen molar-refractivity contribution in [2.45, 2.75) is 6.92 Å². The van der Waals surface area contributed by atoms with Crippen LogP contribution in [0.4, 0.5) is 16.3 Å². The molecule has 1 aromatic carbocycles. The lowest BCUT2D eigenvalue weighted by molar-refractivity contribution is 0.0938. The van der Waals surface area contributed by atoms with E-state index in [4.69, 9.17) is 10.2 Å². The second-order valence-electron chi connectivity index (χ2n) is 7.94. The van der Waals surface area contributed by atoms with Gasteiger partial charge in [-0.15, -0.1) is 11.3 Å². The van der Waals surface area contributed by atoms with E-state index in [0.717, 1.165) is 15.0 Å². The predicted molar refractivity (Wildman–Crippen MR) is 136 cm³/mol. The van der Waals surface area contributed by atoms with Gasteiger partial charge in [-0.1, -0.05) is 0 Å². The Morgan fingerprint density at radius 3 is 2.60 bits per heavy atom. The summed E-state index contributed by atoms with van der Waals surface area (Å²) >= 11 is 1.42. The number of nitrogens with zero attached hydrogens (tertiary/aromatic N) is 2. The lowest BCUT2D eigenvalue weighted by atomic mass is 10.1. The number of furan rings is 1. The van der Waals surface area contributed by atoms with Crippen LogP contribution in [0.1, 0.15) is 26.5 Å². The van der Waals surface area contributed by atoms with Gasteiger partial charge in [0.1, 0.15) is 5.82 Å². The molecule has 0 aliphatic carbocycles. The number of carbonyl (C=O) groups excluding carboxylic acids is 3. The normalized spacial score (nSPS) is 11.3. The number of hydrogen-bond acceptors (Lipinski definition) is 8. The summed E-state index contributed by atoms with van der Waals surface area (Å²) in [6.45, 7) is 1.70. The van der Waals surface area contributed by atoms with Gasteiger partial charge in [-0.3, -0.25) is 14.9 Å². The molecule has 12 heteroatoms. The number of imide groups is 1. The topological polar surface area (TPSA) is 157 Å². The van der Waals surface area contributed by atoms with E-state index in [1.807, 2.05) is 12.1 Å². The van der Waals surface area contributed by atoms with Crippen molar-refractivity contribution >= 4 is 60.5 Å². The molecular weight excluding hydrogens is 490 g/mol. The summed E-state index contributed by atoms with van der Waals surface area (Å²) < 4.78 is 21.6. The highest BCUT2D eigenvalue weighted by molar-refractivity contribution is 7.92. The molecule has 35 heavy (non-hydrogen) atoms. The van der Waals surface area contributed by atoms with Crippen molar-refractivity contribution in [2.24, 2.45) is 4.36 Å². The Labute approximate surface area is 204 Å². The highest BCUT2D eigenvalue weighted by Crippen LogP contribution is 2.37. The van der Waals surface area contributed by atoms with Crippen LogP contribution in [0, 0.1) is 6.92 Å². The summed E-state index contributed by atoms with van der Waals surface area (Å²) in [5.74, 6) is -0.981. The number of anilines is 2. The van der Waals surface area contributed by atoms with Crippen LogP contribution in [0.15, 0.2) is 57.6 Å². The smallest absolute Gasteiger partial charge is 0.326 e. The summed E-state index contributed by atoms with van der Waals surface area (Å²) in [4.78, 5) is 41.6. The monoisotopic (exact) mass is 511 g/mol. The number of benzene rings is 1. The van der Waals surface area contributed by atoms with Gasteiger partial charge in [0.25, 0.3) is 11.8 Å². The second-order valence-corrected chi connectivity index (χ2v) is 11.6. The minimum atomic E-state index is -2.61. The van der Waals surface area contributed by atoms with E-state index in [9.17, 15) is 18.6 Å². The van der Waals surface area contributed by atoms with E-state index in [1.54, 1.807) is 31.2 Å². The average Bonchev–Trinajstić information content (AvgIpc) is 3.38. The zero-order chi connectivity index (χ0) is 25.3. The third-order valence-electron chi connectivity index (χ3n) is 4.80. The first-order valence-electron chi connectivity index (χ1n) is 10.2. The molecule has 0 bridgehead atoms. The molecule has 0 radical (unpaired) electrons. The number of thiophene rings is 1. The van der Waals surface area contributed by atoms with Crippen LogP contribution in [-0.4, -0.2) is 39.5 Å². The fourth-order valence-corrected chi connectivity index (χ4v) is 4.80. The summed E-state index contributed by atoms with van der Waals surface area (Å²) in [6.07, 6.45) is 5.43. The van der Waals surface area contributed by atoms with Crippen LogP contribution < -0.4 is 16.4 Å². The molecule has 0 saturated heterocycles. The van der Waals surface area contributed by atoms with Crippen LogP contribution in [0.3, 0.4) is 0 Å². The van der Waals surface area contributed by atoms with Crippen LogP contribution in [0.25, 0.3) is 20.5 Å². The van der Waals surface area contributed by atoms with Crippen molar-refractivity contribution in [3.63, 3.8) is 0 Å². The molecular formula is C23H21N5O5S2.